The Labute approximate surface area is 112 Å². The van der Waals surface area contributed by atoms with E-state index in [2.05, 4.69) is 17.4 Å². The van der Waals surface area contributed by atoms with E-state index < -0.39 is 5.97 Å². The summed E-state index contributed by atoms with van der Waals surface area (Å²) in [4.78, 5) is 10.8. The van der Waals surface area contributed by atoms with E-state index in [9.17, 15) is 4.79 Å². The highest BCUT2D eigenvalue weighted by Crippen LogP contribution is 2.23. The minimum absolute atomic E-state index is 0.0845. The molecule has 0 saturated carbocycles. The van der Waals surface area contributed by atoms with E-state index in [4.69, 9.17) is 5.11 Å². The van der Waals surface area contributed by atoms with Crippen LogP contribution >= 0.6 is 0 Å². The predicted octanol–water partition coefficient (Wildman–Crippen LogP) is 3.09. The molecule has 2 aromatic carbocycles. The first-order chi connectivity index (χ1) is 9.20. The van der Waals surface area contributed by atoms with Crippen LogP contribution in [0.3, 0.4) is 0 Å². The molecule has 2 N–H and O–H groups in total. The van der Waals surface area contributed by atoms with Gasteiger partial charge < -0.3 is 10.4 Å². The summed E-state index contributed by atoms with van der Waals surface area (Å²) in [6.45, 7) is 0. The maximum absolute atomic E-state index is 10.8. The molecule has 0 radical (unpaired) electrons. The van der Waals surface area contributed by atoms with Crippen molar-refractivity contribution >= 4 is 5.97 Å². The molecule has 0 fully saturated rings. The topological polar surface area (TPSA) is 49.3 Å². The summed E-state index contributed by atoms with van der Waals surface area (Å²) >= 11 is 0. The Morgan fingerprint density at radius 2 is 1.63 bits per heavy atom. The first-order valence-corrected chi connectivity index (χ1v) is 6.25. The molecule has 98 valence electrons. The fourth-order valence-electron chi connectivity index (χ4n) is 2.10. The van der Waals surface area contributed by atoms with Gasteiger partial charge >= 0.3 is 5.97 Å². The van der Waals surface area contributed by atoms with Gasteiger partial charge in [0.25, 0.3) is 0 Å². The van der Waals surface area contributed by atoms with Gasteiger partial charge in [-0.2, -0.15) is 0 Å². The lowest BCUT2D eigenvalue weighted by Crippen LogP contribution is -2.19. The van der Waals surface area contributed by atoms with Crippen molar-refractivity contribution in [2.75, 3.05) is 7.05 Å². The van der Waals surface area contributed by atoms with Crippen LogP contribution in [0.2, 0.25) is 0 Å². The molecule has 0 aliphatic rings. The van der Waals surface area contributed by atoms with Gasteiger partial charge in [0, 0.05) is 6.04 Å². The number of carboxylic acid groups (broad SMARTS) is 1. The van der Waals surface area contributed by atoms with Crippen molar-refractivity contribution in [3.63, 3.8) is 0 Å². The van der Waals surface area contributed by atoms with Crippen LogP contribution in [0.5, 0.6) is 0 Å². The zero-order valence-corrected chi connectivity index (χ0v) is 10.8. The van der Waals surface area contributed by atoms with Crippen LogP contribution in [0.1, 0.15) is 18.0 Å². The Morgan fingerprint density at radius 3 is 2.16 bits per heavy atom. The largest absolute Gasteiger partial charge is 0.481 e. The maximum atomic E-state index is 10.8. The number of carboxylic acids is 1. The predicted molar refractivity (Wildman–Crippen MR) is 75.9 cm³/mol. The van der Waals surface area contributed by atoms with E-state index in [1.54, 1.807) is 7.05 Å². The normalized spacial score (nSPS) is 12.1. The second-order valence-electron chi connectivity index (χ2n) is 4.43. The molecule has 0 bridgehead atoms. The van der Waals surface area contributed by atoms with Crippen LogP contribution in [0, 0.1) is 0 Å². The lowest BCUT2D eigenvalue weighted by Gasteiger charge is -2.14. The van der Waals surface area contributed by atoms with Crippen LogP contribution in [0.4, 0.5) is 0 Å². The van der Waals surface area contributed by atoms with E-state index in [1.165, 1.54) is 0 Å². The number of hydrogen-bond acceptors (Lipinski definition) is 2. The standard InChI is InChI=1S/C16H17NO2/c1-17-15(11-16(18)19)14-9-7-13(8-10-14)12-5-3-2-4-6-12/h2-10,15,17H,11H2,1H3,(H,18,19). The Bertz CT molecular complexity index is 534. The summed E-state index contributed by atoms with van der Waals surface area (Å²) in [7, 11) is 1.78. The van der Waals surface area contributed by atoms with Crippen molar-refractivity contribution in [2.45, 2.75) is 12.5 Å². The average molecular weight is 255 g/mol. The van der Waals surface area contributed by atoms with Crippen molar-refractivity contribution in [3.05, 3.63) is 60.2 Å². The maximum Gasteiger partial charge on any atom is 0.305 e. The molecule has 0 aromatic heterocycles. The van der Waals surface area contributed by atoms with Gasteiger partial charge in [-0.3, -0.25) is 4.79 Å². The van der Waals surface area contributed by atoms with Crippen molar-refractivity contribution in [1.82, 2.24) is 5.32 Å². The molecule has 1 unspecified atom stereocenters. The molecule has 3 heteroatoms. The van der Waals surface area contributed by atoms with Crippen molar-refractivity contribution in [2.24, 2.45) is 0 Å². The molecule has 0 amide bonds. The van der Waals surface area contributed by atoms with Crippen LogP contribution < -0.4 is 5.32 Å². The van der Waals surface area contributed by atoms with E-state index in [1.807, 2.05) is 42.5 Å². The highest BCUT2D eigenvalue weighted by molar-refractivity contribution is 5.68. The zero-order valence-electron chi connectivity index (χ0n) is 10.8. The summed E-state index contributed by atoms with van der Waals surface area (Å²) in [5.74, 6) is -0.800. The van der Waals surface area contributed by atoms with E-state index in [0.29, 0.717) is 0 Å². The molecule has 0 spiro atoms. The number of benzene rings is 2. The van der Waals surface area contributed by atoms with Gasteiger partial charge in [0.2, 0.25) is 0 Å². The first kappa shape index (κ1) is 13.3. The summed E-state index contributed by atoms with van der Waals surface area (Å²) in [6, 6.07) is 18.0. The van der Waals surface area contributed by atoms with Crippen molar-refractivity contribution in [1.29, 1.82) is 0 Å². The molecule has 2 aromatic rings. The highest BCUT2D eigenvalue weighted by Gasteiger charge is 2.13. The minimum atomic E-state index is -0.800. The zero-order chi connectivity index (χ0) is 13.7. The van der Waals surface area contributed by atoms with Gasteiger partial charge in [0.1, 0.15) is 0 Å². The Kier molecular flexibility index (Phi) is 4.31. The van der Waals surface area contributed by atoms with Crippen LogP contribution in [0.15, 0.2) is 54.6 Å². The van der Waals surface area contributed by atoms with E-state index >= 15 is 0 Å². The molecule has 0 aliphatic carbocycles. The van der Waals surface area contributed by atoms with Crippen LogP contribution in [-0.2, 0) is 4.79 Å². The number of carbonyl (C=O) groups is 1. The summed E-state index contributed by atoms with van der Waals surface area (Å²) in [5, 5.41) is 11.9. The molecule has 19 heavy (non-hydrogen) atoms. The summed E-state index contributed by atoms with van der Waals surface area (Å²) < 4.78 is 0. The van der Waals surface area contributed by atoms with Crippen LogP contribution in [0.25, 0.3) is 11.1 Å². The summed E-state index contributed by atoms with van der Waals surface area (Å²) in [6.07, 6.45) is 0.0845. The summed E-state index contributed by atoms with van der Waals surface area (Å²) in [5.41, 5.74) is 3.28. The second-order valence-corrected chi connectivity index (χ2v) is 4.43. The Hall–Kier alpha value is -2.13. The Balaban J connectivity index is 2.20. The molecule has 0 saturated heterocycles. The Morgan fingerprint density at radius 1 is 1.05 bits per heavy atom. The molecular weight excluding hydrogens is 238 g/mol. The van der Waals surface area contributed by atoms with Crippen molar-refractivity contribution < 1.29 is 9.90 Å². The van der Waals surface area contributed by atoms with Gasteiger partial charge in [-0.05, 0) is 23.7 Å². The third kappa shape index (κ3) is 3.42. The smallest absolute Gasteiger partial charge is 0.305 e. The number of nitrogens with one attached hydrogen (secondary N) is 1. The fourth-order valence-corrected chi connectivity index (χ4v) is 2.10. The first-order valence-electron chi connectivity index (χ1n) is 6.25. The average Bonchev–Trinajstić information content (AvgIpc) is 2.46. The third-order valence-corrected chi connectivity index (χ3v) is 3.15. The number of aliphatic carboxylic acids is 1. The molecule has 2 rings (SSSR count). The molecular formula is C16H17NO2. The molecule has 3 nitrogen and oxygen atoms in total. The van der Waals surface area contributed by atoms with Gasteiger partial charge in [-0.25, -0.2) is 0 Å². The highest BCUT2D eigenvalue weighted by atomic mass is 16.4. The molecule has 0 aliphatic heterocycles. The second kappa shape index (κ2) is 6.16. The van der Waals surface area contributed by atoms with Crippen molar-refractivity contribution in [3.8, 4) is 11.1 Å². The lowest BCUT2D eigenvalue weighted by molar-refractivity contribution is -0.137. The van der Waals surface area contributed by atoms with Gasteiger partial charge in [0.15, 0.2) is 0 Å². The number of rotatable bonds is 5. The lowest BCUT2D eigenvalue weighted by atomic mass is 9.99. The van der Waals surface area contributed by atoms with E-state index in [-0.39, 0.29) is 12.5 Å². The monoisotopic (exact) mass is 255 g/mol. The molecule has 0 heterocycles. The van der Waals surface area contributed by atoms with Crippen LogP contribution in [-0.4, -0.2) is 18.1 Å². The van der Waals surface area contributed by atoms with Gasteiger partial charge in [-0.1, -0.05) is 54.6 Å². The quantitative estimate of drug-likeness (QED) is 0.863. The fraction of sp³-hybridized carbons (Fsp3) is 0.188. The molecule has 1 atom stereocenters. The SMILES string of the molecule is CNC(CC(=O)O)c1ccc(-c2ccccc2)cc1. The third-order valence-electron chi connectivity index (χ3n) is 3.15. The van der Waals surface area contributed by atoms with Gasteiger partial charge in [-0.15, -0.1) is 0 Å². The minimum Gasteiger partial charge on any atom is -0.481 e. The number of hydrogen-bond donors (Lipinski definition) is 2. The van der Waals surface area contributed by atoms with Gasteiger partial charge in [0.05, 0.1) is 6.42 Å². The van der Waals surface area contributed by atoms with E-state index in [0.717, 1.165) is 16.7 Å².